The van der Waals surface area contributed by atoms with E-state index in [1.807, 2.05) is 67.6 Å². The summed E-state index contributed by atoms with van der Waals surface area (Å²) >= 11 is 0. The second kappa shape index (κ2) is 8.26. The van der Waals surface area contributed by atoms with Gasteiger partial charge in [0, 0.05) is 11.6 Å². The molecule has 0 aliphatic carbocycles. The number of fused-ring (bicyclic) bond motifs is 1. The number of carbonyl (C=O) groups is 2. The number of imide groups is 1. The topological polar surface area (TPSA) is 68.3 Å². The molecule has 2 fully saturated rings. The van der Waals surface area contributed by atoms with E-state index in [4.69, 9.17) is 14.3 Å². The minimum Gasteiger partial charge on any atom is -0.497 e. The van der Waals surface area contributed by atoms with Crippen LogP contribution in [0.25, 0.3) is 0 Å². The lowest BCUT2D eigenvalue weighted by atomic mass is 9.90. The third-order valence-electron chi connectivity index (χ3n) is 6.24. The molecule has 168 valence electrons. The Labute approximate surface area is 192 Å². The van der Waals surface area contributed by atoms with Gasteiger partial charge in [0.25, 0.3) is 5.91 Å². The summed E-state index contributed by atoms with van der Waals surface area (Å²) in [5.41, 5.74) is 2.91. The van der Waals surface area contributed by atoms with Crippen LogP contribution in [0.15, 0.2) is 72.8 Å². The smallest absolute Gasteiger partial charge is 0.266 e. The van der Waals surface area contributed by atoms with Crippen molar-refractivity contribution in [2.45, 2.75) is 19.1 Å². The van der Waals surface area contributed by atoms with Crippen LogP contribution < -0.4 is 19.4 Å². The predicted molar refractivity (Wildman–Crippen MR) is 123 cm³/mol. The summed E-state index contributed by atoms with van der Waals surface area (Å²) < 4.78 is 11.0. The largest absolute Gasteiger partial charge is 0.497 e. The van der Waals surface area contributed by atoms with E-state index >= 15 is 0 Å². The maximum Gasteiger partial charge on any atom is 0.266 e. The lowest BCUT2D eigenvalue weighted by Crippen LogP contribution is -2.37. The van der Waals surface area contributed by atoms with E-state index in [0.29, 0.717) is 17.2 Å². The highest BCUT2D eigenvalue weighted by atomic mass is 16.7. The SMILES string of the molecule is COc1ccc([C@H]2[C@@H]3C(=O)N(c4ccccc4C)C(=O)[C@H]3ON2c2ccccc2)c(OC)c1. The molecular weight excluding hydrogens is 420 g/mol. The van der Waals surface area contributed by atoms with Crippen LogP contribution in [-0.2, 0) is 14.4 Å². The summed E-state index contributed by atoms with van der Waals surface area (Å²) in [4.78, 5) is 34.7. The maximum absolute atomic E-state index is 13.8. The van der Waals surface area contributed by atoms with Gasteiger partial charge in [-0.3, -0.25) is 14.4 Å². The Balaban J connectivity index is 1.64. The number of ether oxygens (including phenoxy) is 2. The van der Waals surface area contributed by atoms with Crippen LogP contribution in [0, 0.1) is 12.8 Å². The Hall–Kier alpha value is -3.84. The van der Waals surface area contributed by atoms with Crippen LogP contribution in [0.3, 0.4) is 0 Å². The third kappa shape index (κ3) is 3.32. The van der Waals surface area contributed by atoms with Gasteiger partial charge in [0.15, 0.2) is 6.10 Å². The highest BCUT2D eigenvalue weighted by Crippen LogP contribution is 2.50. The lowest BCUT2D eigenvalue weighted by Gasteiger charge is -2.30. The zero-order valence-corrected chi connectivity index (χ0v) is 18.6. The minimum atomic E-state index is -0.936. The number of hydrogen-bond acceptors (Lipinski definition) is 6. The number of rotatable bonds is 5. The molecule has 7 heteroatoms. The Kier molecular flexibility index (Phi) is 5.26. The molecular formula is C26H24N2O5. The molecule has 0 bridgehead atoms. The highest BCUT2D eigenvalue weighted by molar-refractivity contribution is 6.24. The van der Waals surface area contributed by atoms with Crippen LogP contribution in [0.4, 0.5) is 11.4 Å². The molecule has 0 saturated carbocycles. The fraction of sp³-hybridized carbons (Fsp3) is 0.231. The molecule has 0 N–H and O–H groups in total. The number of methoxy groups -OCH3 is 2. The van der Waals surface area contributed by atoms with Crippen molar-refractivity contribution in [3.63, 3.8) is 0 Å². The predicted octanol–water partition coefficient (Wildman–Crippen LogP) is 4.06. The molecule has 0 radical (unpaired) electrons. The third-order valence-corrected chi connectivity index (χ3v) is 6.24. The molecule has 3 aromatic carbocycles. The lowest BCUT2D eigenvalue weighted by molar-refractivity contribution is -0.126. The van der Waals surface area contributed by atoms with E-state index in [9.17, 15) is 9.59 Å². The van der Waals surface area contributed by atoms with Crippen LogP contribution >= 0.6 is 0 Å². The first-order valence-electron chi connectivity index (χ1n) is 10.7. The zero-order valence-electron chi connectivity index (χ0n) is 18.6. The van der Waals surface area contributed by atoms with E-state index in [-0.39, 0.29) is 11.8 Å². The number of amides is 2. The number of carbonyl (C=O) groups excluding carboxylic acids is 2. The summed E-state index contributed by atoms with van der Waals surface area (Å²) in [6, 6.07) is 21.7. The molecule has 3 atom stereocenters. The van der Waals surface area contributed by atoms with Crippen LogP contribution in [0.5, 0.6) is 11.5 Å². The number of aryl methyl sites for hydroxylation is 1. The number of hydroxylamine groups is 1. The molecule has 2 amide bonds. The van der Waals surface area contributed by atoms with Gasteiger partial charge in [-0.05, 0) is 42.8 Å². The summed E-state index contributed by atoms with van der Waals surface area (Å²) in [5, 5.41) is 1.66. The van der Waals surface area contributed by atoms with Crippen molar-refractivity contribution >= 4 is 23.2 Å². The van der Waals surface area contributed by atoms with Gasteiger partial charge in [-0.25, -0.2) is 9.96 Å². The van der Waals surface area contributed by atoms with Gasteiger partial charge in [-0.15, -0.1) is 0 Å². The molecule has 2 heterocycles. The summed E-state index contributed by atoms with van der Waals surface area (Å²) in [5.74, 6) is -0.206. The number of hydrogen-bond donors (Lipinski definition) is 0. The average molecular weight is 444 g/mol. The van der Waals surface area contributed by atoms with Gasteiger partial charge < -0.3 is 9.47 Å². The van der Waals surface area contributed by atoms with Crippen molar-refractivity contribution in [2.24, 2.45) is 5.92 Å². The van der Waals surface area contributed by atoms with Crippen LogP contribution in [-0.4, -0.2) is 32.1 Å². The number of para-hydroxylation sites is 2. The maximum atomic E-state index is 13.8. The summed E-state index contributed by atoms with van der Waals surface area (Å²) in [7, 11) is 3.15. The van der Waals surface area contributed by atoms with Gasteiger partial charge in [-0.1, -0.05) is 36.4 Å². The summed E-state index contributed by atoms with van der Waals surface area (Å²) in [6.45, 7) is 1.88. The molecule has 33 heavy (non-hydrogen) atoms. The fourth-order valence-corrected chi connectivity index (χ4v) is 4.64. The van der Waals surface area contributed by atoms with Gasteiger partial charge in [0.05, 0.1) is 31.6 Å². The van der Waals surface area contributed by atoms with Gasteiger partial charge in [0.1, 0.15) is 17.4 Å². The quantitative estimate of drug-likeness (QED) is 0.553. The highest BCUT2D eigenvalue weighted by Gasteiger charge is 2.60. The number of nitrogens with zero attached hydrogens (tertiary/aromatic N) is 2. The van der Waals surface area contributed by atoms with E-state index < -0.39 is 18.1 Å². The molecule has 2 aliphatic heterocycles. The first kappa shape index (κ1) is 21.0. The molecule has 2 aliphatic rings. The fourth-order valence-electron chi connectivity index (χ4n) is 4.64. The summed E-state index contributed by atoms with van der Waals surface area (Å²) in [6.07, 6.45) is -0.936. The zero-order chi connectivity index (χ0) is 23.1. The van der Waals surface area contributed by atoms with E-state index in [1.165, 1.54) is 4.90 Å². The first-order valence-corrected chi connectivity index (χ1v) is 10.7. The van der Waals surface area contributed by atoms with E-state index in [0.717, 1.165) is 16.8 Å². The van der Waals surface area contributed by atoms with Crippen molar-refractivity contribution < 1.29 is 23.9 Å². The van der Waals surface area contributed by atoms with Crippen LogP contribution in [0.1, 0.15) is 17.2 Å². The second-order valence-corrected chi connectivity index (χ2v) is 8.06. The Morgan fingerprint density at radius 1 is 0.848 bits per heavy atom. The van der Waals surface area contributed by atoms with E-state index in [2.05, 4.69) is 0 Å². The van der Waals surface area contributed by atoms with Crippen molar-refractivity contribution in [1.82, 2.24) is 0 Å². The molecule has 7 nitrogen and oxygen atoms in total. The van der Waals surface area contributed by atoms with Gasteiger partial charge >= 0.3 is 0 Å². The molecule has 0 aromatic heterocycles. The average Bonchev–Trinajstić information content (AvgIpc) is 3.35. The molecule has 0 spiro atoms. The van der Waals surface area contributed by atoms with Crippen molar-refractivity contribution in [2.75, 3.05) is 24.2 Å². The van der Waals surface area contributed by atoms with Crippen molar-refractivity contribution in [3.8, 4) is 11.5 Å². The molecule has 5 rings (SSSR count). The van der Waals surface area contributed by atoms with Crippen molar-refractivity contribution in [1.29, 1.82) is 0 Å². The van der Waals surface area contributed by atoms with E-state index in [1.54, 1.807) is 31.4 Å². The molecule has 0 unspecified atom stereocenters. The molecule has 3 aromatic rings. The molecule has 2 saturated heterocycles. The van der Waals surface area contributed by atoms with Crippen LogP contribution in [0.2, 0.25) is 0 Å². The first-order chi connectivity index (χ1) is 16.0. The monoisotopic (exact) mass is 444 g/mol. The van der Waals surface area contributed by atoms with Gasteiger partial charge in [-0.2, -0.15) is 0 Å². The Morgan fingerprint density at radius 3 is 2.27 bits per heavy atom. The number of anilines is 2. The minimum absolute atomic E-state index is 0.291. The number of benzene rings is 3. The second-order valence-electron chi connectivity index (χ2n) is 8.06. The Morgan fingerprint density at radius 2 is 1.58 bits per heavy atom. The standard InChI is InChI=1S/C26H24N2O5/c1-16-9-7-8-12-20(16)27-25(29)22-23(19-14-13-18(31-2)15-21(19)32-3)28(33-24(22)26(27)30)17-10-5-4-6-11-17/h4-15,22-24H,1-3H3/t22-,23-,24-/m0/s1. The Bertz CT molecular complexity index is 1210. The van der Waals surface area contributed by atoms with Gasteiger partial charge in [0.2, 0.25) is 5.91 Å². The van der Waals surface area contributed by atoms with Crippen molar-refractivity contribution in [3.05, 3.63) is 83.9 Å². The normalized spacial score (nSPS) is 22.0.